The van der Waals surface area contributed by atoms with E-state index in [0.29, 0.717) is 61.1 Å². The molecule has 0 saturated carbocycles. The van der Waals surface area contributed by atoms with Gasteiger partial charge in [-0.2, -0.15) is 0 Å². The molecule has 5 nitrogen and oxygen atoms in total. The number of rotatable bonds is 7. The number of aryl methyl sites for hydroxylation is 1. The van der Waals surface area contributed by atoms with Gasteiger partial charge in [0.1, 0.15) is 6.61 Å². The van der Waals surface area contributed by atoms with Gasteiger partial charge in [-0.25, -0.2) is 4.99 Å². The smallest absolute Gasteiger partial charge is 0.264 e. The van der Waals surface area contributed by atoms with Gasteiger partial charge >= 0.3 is 0 Å². The predicted octanol–water partition coefficient (Wildman–Crippen LogP) is 7.82. The van der Waals surface area contributed by atoms with Gasteiger partial charge in [0.05, 0.1) is 22.2 Å². The van der Waals surface area contributed by atoms with Gasteiger partial charge in [-0.15, -0.1) is 0 Å². The standard InChI is InChI=1S/C26H21Cl3N2O3S/c1-3-33-22-11-17(10-20(29)24(22)34-14-16-5-8-18(27)9-6-16)12-23-25(32)31-26(35-23)30-21-13-19(28)7-4-15(21)2/h4-13H,3,14H2,1-2H3,(H,30,31,32)/b23-12-. The lowest BCUT2D eigenvalue weighted by atomic mass is 10.1. The number of halogens is 3. The maximum atomic E-state index is 12.6. The molecule has 0 bridgehead atoms. The van der Waals surface area contributed by atoms with Gasteiger partial charge in [0.25, 0.3) is 5.91 Å². The van der Waals surface area contributed by atoms with Gasteiger partial charge in [0.2, 0.25) is 0 Å². The Balaban J connectivity index is 1.56. The molecule has 0 atom stereocenters. The summed E-state index contributed by atoms with van der Waals surface area (Å²) in [6.45, 7) is 4.54. The Kier molecular flexibility index (Phi) is 8.29. The fourth-order valence-corrected chi connectivity index (χ4v) is 4.66. The highest BCUT2D eigenvalue weighted by atomic mass is 35.5. The van der Waals surface area contributed by atoms with E-state index < -0.39 is 0 Å². The Hall–Kier alpha value is -2.64. The fourth-order valence-electron chi connectivity index (χ4n) is 3.25. The maximum absolute atomic E-state index is 12.6. The summed E-state index contributed by atoms with van der Waals surface area (Å²) in [6.07, 6.45) is 1.74. The summed E-state index contributed by atoms with van der Waals surface area (Å²) >= 11 is 19.8. The van der Waals surface area contributed by atoms with Crippen LogP contribution in [0, 0.1) is 6.92 Å². The second-order valence-electron chi connectivity index (χ2n) is 7.59. The number of hydrogen-bond donors (Lipinski definition) is 1. The van der Waals surface area contributed by atoms with Crippen LogP contribution < -0.4 is 14.8 Å². The Morgan fingerprint density at radius 1 is 1.00 bits per heavy atom. The summed E-state index contributed by atoms with van der Waals surface area (Å²) in [5.41, 5.74) is 3.30. The highest BCUT2D eigenvalue weighted by molar-refractivity contribution is 8.18. The summed E-state index contributed by atoms with van der Waals surface area (Å²) < 4.78 is 11.7. The SMILES string of the molecule is CCOc1cc(/C=C2\SC(=Nc3cc(Cl)ccc3C)NC2=O)cc(Cl)c1OCc1ccc(Cl)cc1. The largest absolute Gasteiger partial charge is 0.490 e. The first-order chi connectivity index (χ1) is 16.8. The van der Waals surface area contributed by atoms with E-state index in [1.807, 2.05) is 32.0 Å². The first-order valence-corrected chi connectivity index (χ1v) is 12.7. The second kappa shape index (κ2) is 11.4. The fraction of sp³-hybridized carbons (Fsp3) is 0.154. The van der Waals surface area contributed by atoms with E-state index in [0.717, 1.165) is 11.1 Å². The van der Waals surface area contributed by atoms with Crippen LogP contribution in [-0.4, -0.2) is 17.7 Å². The average Bonchev–Trinajstić information content (AvgIpc) is 3.15. The minimum Gasteiger partial charge on any atom is -0.490 e. The summed E-state index contributed by atoms with van der Waals surface area (Å²) in [7, 11) is 0. The Labute approximate surface area is 223 Å². The van der Waals surface area contributed by atoms with Crippen LogP contribution in [0.3, 0.4) is 0 Å². The van der Waals surface area contributed by atoms with Crippen molar-refractivity contribution in [2.24, 2.45) is 4.99 Å². The molecular formula is C26H21Cl3N2O3S. The summed E-state index contributed by atoms with van der Waals surface area (Å²) in [5, 5.41) is 4.88. The number of hydrogen-bond acceptors (Lipinski definition) is 5. The number of ether oxygens (including phenoxy) is 2. The Bertz CT molecular complexity index is 1320. The molecule has 1 aliphatic heterocycles. The third-order valence-corrected chi connectivity index (χ3v) is 6.65. The highest BCUT2D eigenvalue weighted by Crippen LogP contribution is 2.39. The molecule has 35 heavy (non-hydrogen) atoms. The number of aliphatic imine (C=N–C) groups is 1. The first-order valence-electron chi connectivity index (χ1n) is 10.7. The van der Waals surface area contributed by atoms with E-state index in [4.69, 9.17) is 44.3 Å². The number of amidine groups is 1. The molecule has 0 aliphatic carbocycles. The predicted molar refractivity (Wildman–Crippen MR) is 145 cm³/mol. The van der Waals surface area contributed by atoms with Gasteiger partial charge in [0, 0.05) is 10.0 Å². The Morgan fingerprint density at radius 3 is 2.49 bits per heavy atom. The van der Waals surface area contributed by atoms with Crippen LogP contribution in [0.4, 0.5) is 5.69 Å². The zero-order chi connectivity index (χ0) is 24.9. The molecule has 3 aromatic rings. The number of thioether (sulfide) groups is 1. The lowest BCUT2D eigenvalue weighted by molar-refractivity contribution is -0.115. The van der Waals surface area contributed by atoms with Gasteiger partial charge in [0.15, 0.2) is 16.7 Å². The van der Waals surface area contributed by atoms with Gasteiger partial charge < -0.3 is 14.8 Å². The van der Waals surface area contributed by atoms with Crippen molar-refractivity contribution in [2.45, 2.75) is 20.5 Å². The van der Waals surface area contributed by atoms with Crippen molar-refractivity contribution in [1.82, 2.24) is 5.32 Å². The quantitative estimate of drug-likeness (QED) is 0.306. The minimum absolute atomic E-state index is 0.245. The van der Waals surface area contributed by atoms with Crippen molar-refractivity contribution in [1.29, 1.82) is 0 Å². The monoisotopic (exact) mass is 546 g/mol. The minimum atomic E-state index is -0.245. The normalized spacial score (nSPS) is 15.5. The second-order valence-corrected chi connectivity index (χ2v) is 9.90. The van der Waals surface area contributed by atoms with E-state index in [9.17, 15) is 4.79 Å². The van der Waals surface area contributed by atoms with Crippen LogP contribution in [0.5, 0.6) is 11.5 Å². The summed E-state index contributed by atoms with van der Waals surface area (Å²) in [5.74, 6) is 0.686. The molecule has 0 radical (unpaired) electrons. The number of nitrogens with zero attached hydrogens (tertiary/aromatic N) is 1. The van der Waals surface area contributed by atoms with Crippen molar-refractivity contribution in [2.75, 3.05) is 6.61 Å². The van der Waals surface area contributed by atoms with Crippen molar-refractivity contribution >= 4 is 69.4 Å². The molecule has 3 aromatic carbocycles. The van der Waals surface area contributed by atoms with Crippen LogP contribution >= 0.6 is 46.6 Å². The molecule has 1 heterocycles. The Morgan fingerprint density at radius 2 is 1.74 bits per heavy atom. The van der Waals surface area contributed by atoms with Crippen LogP contribution in [0.25, 0.3) is 6.08 Å². The first kappa shape index (κ1) is 25.5. The molecule has 0 spiro atoms. The molecule has 1 N–H and O–H groups in total. The molecule has 0 aromatic heterocycles. The summed E-state index contributed by atoms with van der Waals surface area (Å²) in [4.78, 5) is 17.6. The third kappa shape index (κ3) is 6.53. The molecule has 0 unspecified atom stereocenters. The number of carbonyl (C=O) groups excluding carboxylic acids is 1. The van der Waals surface area contributed by atoms with Crippen LogP contribution in [0.15, 0.2) is 64.5 Å². The molecule has 1 fully saturated rings. The topological polar surface area (TPSA) is 59.9 Å². The third-order valence-electron chi connectivity index (χ3n) is 4.97. The molecule has 1 amide bonds. The van der Waals surface area contributed by atoms with E-state index >= 15 is 0 Å². The number of amides is 1. The molecular weight excluding hydrogens is 527 g/mol. The molecule has 1 saturated heterocycles. The zero-order valence-electron chi connectivity index (χ0n) is 18.9. The van der Waals surface area contributed by atoms with E-state index in [-0.39, 0.29) is 5.91 Å². The lowest BCUT2D eigenvalue weighted by Crippen LogP contribution is -2.19. The van der Waals surface area contributed by atoms with Crippen molar-refractivity contribution in [3.8, 4) is 11.5 Å². The zero-order valence-corrected chi connectivity index (χ0v) is 22.0. The van der Waals surface area contributed by atoms with Gasteiger partial charge in [-0.1, -0.05) is 53.0 Å². The molecule has 180 valence electrons. The van der Waals surface area contributed by atoms with E-state index in [1.165, 1.54) is 11.8 Å². The van der Waals surface area contributed by atoms with Gasteiger partial charge in [-0.05, 0) is 84.8 Å². The molecule has 1 aliphatic rings. The van der Waals surface area contributed by atoms with Crippen molar-refractivity contribution in [3.63, 3.8) is 0 Å². The van der Waals surface area contributed by atoms with Gasteiger partial charge in [-0.3, -0.25) is 4.79 Å². The molecule has 9 heteroatoms. The van der Waals surface area contributed by atoms with Crippen LogP contribution in [-0.2, 0) is 11.4 Å². The van der Waals surface area contributed by atoms with Crippen LogP contribution in [0.1, 0.15) is 23.6 Å². The average molecular weight is 548 g/mol. The van der Waals surface area contributed by atoms with Crippen LogP contribution in [0.2, 0.25) is 15.1 Å². The van der Waals surface area contributed by atoms with E-state index in [2.05, 4.69) is 10.3 Å². The summed E-state index contributed by atoms with van der Waals surface area (Å²) in [6, 6.07) is 16.3. The van der Waals surface area contributed by atoms with Crippen molar-refractivity contribution < 1.29 is 14.3 Å². The number of carbonyl (C=O) groups is 1. The number of benzene rings is 3. The van der Waals surface area contributed by atoms with Crippen molar-refractivity contribution in [3.05, 3.63) is 91.3 Å². The number of nitrogens with one attached hydrogen (secondary N) is 1. The highest BCUT2D eigenvalue weighted by Gasteiger charge is 2.24. The van der Waals surface area contributed by atoms with E-state index in [1.54, 1.807) is 42.5 Å². The lowest BCUT2D eigenvalue weighted by Gasteiger charge is -2.15. The molecule has 4 rings (SSSR count). The maximum Gasteiger partial charge on any atom is 0.264 e.